The van der Waals surface area contributed by atoms with Gasteiger partial charge in [-0.05, 0) is 53.2 Å². The number of aryl methyl sites for hydroxylation is 1. The highest BCUT2D eigenvalue weighted by Gasteiger charge is 2.32. The number of nitrogens with two attached hydrogens (primary N) is 1. The average Bonchev–Trinajstić information content (AvgIpc) is 2.92. The van der Waals surface area contributed by atoms with Gasteiger partial charge >= 0.3 is 12.1 Å². The molecule has 1 fully saturated rings. The molecule has 0 aliphatic carbocycles. The molecule has 3 aromatic rings. The smallest absolute Gasteiger partial charge is 0.411 e. The summed E-state index contributed by atoms with van der Waals surface area (Å²) in [6.07, 6.45) is 1.06. The number of fused-ring (bicyclic) bond motifs is 1. The van der Waals surface area contributed by atoms with Gasteiger partial charge in [-0.15, -0.1) is 0 Å². The molecule has 1 amide bonds. The number of rotatable bonds is 5. The van der Waals surface area contributed by atoms with Crippen LogP contribution in [0.3, 0.4) is 0 Å². The second-order valence-electron chi connectivity index (χ2n) is 11.0. The van der Waals surface area contributed by atoms with E-state index in [1.807, 2.05) is 0 Å². The number of nitrogens with zero attached hydrogens (tertiary/aromatic N) is 3. The molecule has 226 valence electrons. The molecule has 0 unspecified atom stereocenters. The Labute approximate surface area is 246 Å². The van der Waals surface area contributed by atoms with Crippen LogP contribution < -0.4 is 16.1 Å². The van der Waals surface area contributed by atoms with Crippen LogP contribution in [0.25, 0.3) is 16.6 Å². The van der Waals surface area contributed by atoms with Crippen LogP contribution in [0.2, 0.25) is 5.02 Å². The van der Waals surface area contributed by atoms with Gasteiger partial charge < -0.3 is 29.8 Å². The Morgan fingerprint density at radius 2 is 1.88 bits per heavy atom. The van der Waals surface area contributed by atoms with Crippen molar-refractivity contribution in [2.24, 2.45) is 0 Å². The van der Waals surface area contributed by atoms with Crippen LogP contribution in [0.1, 0.15) is 55.6 Å². The minimum Gasteiger partial charge on any atom is -0.462 e. The van der Waals surface area contributed by atoms with Crippen molar-refractivity contribution in [1.29, 1.82) is 0 Å². The van der Waals surface area contributed by atoms with Crippen molar-refractivity contribution in [3.63, 3.8) is 0 Å². The van der Waals surface area contributed by atoms with E-state index < -0.39 is 46.9 Å². The minimum absolute atomic E-state index is 0.00119. The second kappa shape index (κ2) is 11.8. The third-order valence-corrected chi connectivity index (χ3v) is 7.18. The number of anilines is 2. The number of pyridine rings is 1. The monoisotopic (exact) mass is 606 g/mol. The Morgan fingerprint density at radius 3 is 2.50 bits per heavy atom. The zero-order valence-electron chi connectivity index (χ0n) is 24.0. The summed E-state index contributed by atoms with van der Waals surface area (Å²) in [4.78, 5) is 42.2. The lowest BCUT2D eigenvalue weighted by Gasteiger charge is -2.38. The lowest BCUT2D eigenvalue weighted by Crippen LogP contribution is -2.49. The van der Waals surface area contributed by atoms with Crippen LogP contribution in [-0.2, 0) is 16.1 Å². The van der Waals surface area contributed by atoms with Crippen LogP contribution in [0, 0.1) is 18.6 Å². The molecule has 0 spiro atoms. The molecule has 1 aliphatic heterocycles. The Kier molecular flexibility index (Phi) is 8.70. The van der Waals surface area contributed by atoms with Crippen LogP contribution in [0.4, 0.5) is 25.0 Å². The van der Waals surface area contributed by atoms with E-state index in [-0.39, 0.29) is 57.4 Å². The Morgan fingerprint density at radius 1 is 1.19 bits per heavy atom. The molecule has 1 aliphatic rings. The summed E-state index contributed by atoms with van der Waals surface area (Å²) in [5, 5.41) is 9.64. The molecule has 4 rings (SSSR count). The van der Waals surface area contributed by atoms with Crippen molar-refractivity contribution in [2.75, 3.05) is 37.0 Å². The normalized spacial score (nSPS) is 13.9. The van der Waals surface area contributed by atoms with Gasteiger partial charge in [0.15, 0.2) is 5.82 Å². The van der Waals surface area contributed by atoms with Crippen molar-refractivity contribution in [2.45, 2.75) is 53.2 Å². The number of hydrogen-bond donors (Lipinski definition) is 2. The topological polar surface area (TPSA) is 127 Å². The van der Waals surface area contributed by atoms with Crippen LogP contribution in [-0.4, -0.2) is 58.6 Å². The number of carbonyl (C=O) groups is 2. The molecule has 0 atom stereocenters. The van der Waals surface area contributed by atoms with Gasteiger partial charge in [0.2, 0.25) is 5.43 Å². The zero-order valence-corrected chi connectivity index (χ0v) is 24.8. The minimum atomic E-state index is -0.956. The molecule has 2 aromatic carbocycles. The first-order valence-electron chi connectivity index (χ1n) is 13.4. The molecule has 10 nitrogen and oxygen atoms in total. The van der Waals surface area contributed by atoms with Gasteiger partial charge in [-0.1, -0.05) is 11.6 Å². The Bertz CT molecular complexity index is 1640. The fourth-order valence-corrected chi connectivity index (χ4v) is 5.31. The number of esters is 1. The van der Waals surface area contributed by atoms with Gasteiger partial charge in [0.1, 0.15) is 17.0 Å². The maximum absolute atomic E-state index is 16.2. The van der Waals surface area contributed by atoms with Crippen molar-refractivity contribution in [1.82, 2.24) is 9.47 Å². The van der Waals surface area contributed by atoms with Gasteiger partial charge in [-0.25, -0.2) is 18.4 Å². The molecule has 0 saturated carbocycles. The summed E-state index contributed by atoms with van der Waals surface area (Å²) >= 11 is 6.91. The number of aromatic nitrogens is 1. The molecule has 1 saturated heterocycles. The third kappa shape index (κ3) is 5.73. The quantitative estimate of drug-likeness (QED) is 0.311. The molecule has 42 heavy (non-hydrogen) atoms. The number of hydrogen-bond acceptors (Lipinski definition) is 8. The fourth-order valence-electron chi connectivity index (χ4n) is 4.92. The Balaban J connectivity index is 2.03. The highest BCUT2D eigenvalue weighted by Crippen LogP contribution is 2.40. The zero-order chi connectivity index (χ0) is 31.1. The van der Waals surface area contributed by atoms with E-state index in [0.29, 0.717) is 19.5 Å². The maximum atomic E-state index is 16.2. The van der Waals surface area contributed by atoms with Crippen molar-refractivity contribution >= 4 is 45.9 Å². The SMILES string of the molecule is CCOC(=O)c1cn(-c2cc(N)c(F)cc2CO)c2c(Cl)c(N3CCCN(C(=O)OC(C)(C)C)C3)c(F)c(C)c2c1=O. The fraction of sp³-hybridized carbons (Fsp3) is 0.414. The lowest BCUT2D eigenvalue weighted by atomic mass is 10.0. The molecule has 2 heterocycles. The predicted molar refractivity (Wildman–Crippen MR) is 155 cm³/mol. The first kappa shape index (κ1) is 31.0. The van der Waals surface area contributed by atoms with Crippen molar-refractivity contribution in [3.8, 4) is 5.69 Å². The first-order valence-corrected chi connectivity index (χ1v) is 13.7. The van der Waals surface area contributed by atoms with Crippen molar-refractivity contribution < 1.29 is 33.0 Å². The summed E-state index contributed by atoms with van der Waals surface area (Å²) in [5.41, 5.74) is 3.59. The lowest BCUT2D eigenvalue weighted by molar-refractivity contribution is 0.0225. The molecule has 0 radical (unpaired) electrons. The van der Waals surface area contributed by atoms with Gasteiger partial charge in [0.25, 0.3) is 0 Å². The molecule has 1 aromatic heterocycles. The molecular weight excluding hydrogens is 574 g/mol. The second-order valence-corrected chi connectivity index (χ2v) is 11.3. The van der Waals surface area contributed by atoms with Gasteiger partial charge in [-0.3, -0.25) is 9.69 Å². The number of carbonyl (C=O) groups excluding carboxylic acids is 2. The van der Waals surface area contributed by atoms with Gasteiger partial charge in [-0.2, -0.15) is 0 Å². The summed E-state index contributed by atoms with van der Waals surface area (Å²) < 4.78 is 42.4. The van der Waals surface area contributed by atoms with E-state index >= 15 is 4.39 Å². The first-order chi connectivity index (χ1) is 19.7. The number of benzene rings is 2. The van der Waals surface area contributed by atoms with Crippen LogP contribution in [0.5, 0.6) is 0 Å². The number of ether oxygens (including phenoxy) is 2. The van der Waals surface area contributed by atoms with Crippen LogP contribution in [0.15, 0.2) is 23.1 Å². The number of halogens is 3. The van der Waals surface area contributed by atoms with Crippen molar-refractivity contribution in [3.05, 3.63) is 61.9 Å². The summed E-state index contributed by atoms with van der Waals surface area (Å²) in [7, 11) is 0. The van der Waals surface area contributed by atoms with E-state index in [0.717, 1.165) is 12.3 Å². The molecule has 0 bridgehead atoms. The van der Waals surface area contributed by atoms with E-state index in [4.69, 9.17) is 26.8 Å². The number of aliphatic hydroxyl groups excluding tert-OH is 1. The predicted octanol–water partition coefficient (Wildman–Crippen LogP) is 4.89. The number of amides is 1. The highest BCUT2D eigenvalue weighted by atomic mass is 35.5. The largest absolute Gasteiger partial charge is 0.462 e. The van der Waals surface area contributed by atoms with E-state index in [2.05, 4.69) is 0 Å². The number of aliphatic hydroxyl groups is 1. The maximum Gasteiger partial charge on any atom is 0.411 e. The standard InChI is InChI=1S/C29H33ClF2N4O6/c1-6-41-27(39)17-12-36(20-11-19(33)18(31)10-16(20)13-37)24-21(26(17)38)15(2)23(32)25(22(24)30)34-8-7-9-35(14-34)28(40)42-29(3,4)5/h10-12,37H,6-9,13-14,33H2,1-5H3. The van der Waals surface area contributed by atoms with E-state index in [9.17, 15) is 23.9 Å². The molecular formula is C29H33ClF2N4O6. The molecule has 3 N–H and O–H groups in total. The molecule has 13 heteroatoms. The van der Waals surface area contributed by atoms with Gasteiger partial charge in [0.05, 0.1) is 52.9 Å². The van der Waals surface area contributed by atoms with Gasteiger partial charge in [0, 0.05) is 30.4 Å². The average molecular weight is 607 g/mol. The summed E-state index contributed by atoms with van der Waals surface area (Å²) in [6, 6.07) is 2.24. The Hall–Kier alpha value is -3.90. The summed E-state index contributed by atoms with van der Waals surface area (Å²) in [6.45, 7) is 8.15. The number of nitrogen functional groups attached to an aromatic ring is 1. The van der Waals surface area contributed by atoms with Crippen LogP contribution >= 0.6 is 11.6 Å². The highest BCUT2D eigenvalue weighted by molar-refractivity contribution is 6.38. The third-order valence-electron chi connectivity index (χ3n) is 6.82. The van der Waals surface area contributed by atoms with E-state index in [1.54, 1.807) is 32.6 Å². The van der Waals surface area contributed by atoms with E-state index in [1.165, 1.54) is 22.5 Å². The summed E-state index contributed by atoms with van der Waals surface area (Å²) in [5.74, 6) is -2.56.